The van der Waals surface area contributed by atoms with Crippen molar-refractivity contribution in [2.75, 3.05) is 39.5 Å². The maximum atomic E-state index is 16.9. The zero-order valence-corrected chi connectivity index (χ0v) is 34.2. The third kappa shape index (κ3) is 8.19. The molecule has 3 heterocycles. The Morgan fingerprint density at radius 2 is 1.59 bits per heavy atom. The molecule has 2 aliphatic heterocycles. The van der Waals surface area contributed by atoms with E-state index < -0.39 is 74.4 Å². The average molecular weight is 820 g/mol. The highest BCUT2D eigenvalue weighted by atomic mass is 28.4. The second-order valence-corrected chi connectivity index (χ2v) is 21.0. The molecule has 2 N–H and O–H groups in total. The first-order valence-corrected chi connectivity index (χ1v) is 21.7. The summed E-state index contributed by atoms with van der Waals surface area (Å²) in [6.45, 7) is 7.20. The number of ether oxygens (including phenoxy) is 1. The highest BCUT2D eigenvalue weighted by Crippen LogP contribution is 2.45. The van der Waals surface area contributed by atoms with Gasteiger partial charge in [0.2, 0.25) is 0 Å². The summed E-state index contributed by atoms with van der Waals surface area (Å²) in [6, 6.07) is 23.7. The van der Waals surface area contributed by atoms with Crippen LogP contribution in [0.2, 0.25) is 5.04 Å². The van der Waals surface area contributed by atoms with Crippen LogP contribution < -0.4 is 15.1 Å². The lowest BCUT2D eigenvalue weighted by molar-refractivity contribution is -0.0825. The summed E-state index contributed by atoms with van der Waals surface area (Å²) in [5, 5.41) is 11.5. The van der Waals surface area contributed by atoms with E-state index >= 15 is 17.6 Å². The molecule has 0 aliphatic carbocycles. The molecule has 0 spiro atoms. The van der Waals surface area contributed by atoms with Crippen molar-refractivity contribution in [2.45, 2.75) is 76.1 Å². The fourth-order valence-corrected chi connectivity index (χ4v) is 13.6. The number of aromatic amines is 1. The number of aromatic carboxylic acids is 1. The van der Waals surface area contributed by atoms with Gasteiger partial charge in [-0.1, -0.05) is 87.5 Å². The first kappa shape index (κ1) is 41.6. The van der Waals surface area contributed by atoms with Gasteiger partial charge in [0.05, 0.1) is 31.4 Å². The van der Waals surface area contributed by atoms with Crippen molar-refractivity contribution in [3.8, 4) is 5.75 Å². The van der Waals surface area contributed by atoms with Crippen LogP contribution in [0.25, 0.3) is 10.9 Å². The number of carboxylic acid groups (broad SMARTS) is 1. The lowest BCUT2D eigenvalue weighted by Crippen LogP contribution is -2.67. The SMILES string of the molecule is C[C@@H]1Cc2c([nH]c3cc(C(=O)O)ccc23)[C@@H](c2c(F)cc(OC3CCN(CCCF)C3)cc2F)N1CC(F)(F)CO[Si](c1ccccc1)(c1ccccc1)C(C)(C)C. The Hall–Kier alpha value is -4.56. The molecule has 0 amide bonds. The number of nitrogens with zero attached hydrogens (tertiary/aromatic N) is 2. The van der Waals surface area contributed by atoms with Crippen LogP contribution in [0.3, 0.4) is 0 Å². The highest BCUT2D eigenvalue weighted by Gasteiger charge is 2.53. The number of benzene rings is 4. The number of aromatic nitrogens is 1. The molecule has 4 aromatic carbocycles. The summed E-state index contributed by atoms with van der Waals surface area (Å²) in [6.07, 6.45) is 0.898. The van der Waals surface area contributed by atoms with E-state index in [9.17, 15) is 14.3 Å². The van der Waals surface area contributed by atoms with Crippen LogP contribution in [0.5, 0.6) is 5.75 Å². The van der Waals surface area contributed by atoms with Crippen LogP contribution >= 0.6 is 0 Å². The summed E-state index contributed by atoms with van der Waals surface area (Å²) in [4.78, 5) is 18.5. The molecular formula is C45H50F5N3O4Si. The summed E-state index contributed by atoms with van der Waals surface area (Å²) < 4.78 is 92.4. The molecule has 308 valence electrons. The van der Waals surface area contributed by atoms with Crippen molar-refractivity contribution < 1.29 is 41.0 Å². The number of carbonyl (C=O) groups is 1. The quantitative estimate of drug-likeness (QED) is 0.0865. The number of hydrogen-bond acceptors (Lipinski definition) is 5. The molecular weight excluding hydrogens is 770 g/mol. The number of likely N-dealkylation sites (tertiary alicyclic amines) is 1. The summed E-state index contributed by atoms with van der Waals surface area (Å²) in [7, 11) is -3.37. The first-order chi connectivity index (χ1) is 27.6. The minimum absolute atomic E-state index is 0.00796. The smallest absolute Gasteiger partial charge is 0.335 e. The number of halogens is 5. The van der Waals surface area contributed by atoms with Crippen LogP contribution in [0.1, 0.15) is 73.8 Å². The van der Waals surface area contributed by atoms with E-state index in [-0.39, 0.29) is 23.8 Å². The topological polar surface area (TPSA) is 78.0 Å². The van der Waals surface area contributed by atoms with E-state index in [1.807, 2.05) is 86.3 Å². The summed E-state index contributed by atoms with van der Waals surface area (Å²) in [5.41, 5.74) is 0.986. The van der Waals surface area contributed by atoms with Gasteiger partial charge >= 0.3 is 5.97 Å². The molecule has 5 aromatic rings. The third-order valence-corrected chi connectivity index (χ3v) is 16.6. The maximum absolute atomic E-state index is 16.9. The summed E-state index contributed by atoms with van der Waals surface area (Å²) >= 11 is 0. The number of fused-ring (bicyclic) bond motifs is 3. The zero-order chi connectivity index (χ0) is 41.4. The minimum Gasteiger partial charge on any atom is -0.489 e. The van der Waals surface area contributed by atoms with Crippen molar-refractivity contribution in [3.05, 3.63) is 125 Å². The van der Waals surface area contributed by atoms with Gasteiger partial charge in [-0.05, 0) is 59.3 Å². The van der Waals surface area contributed by atoms with E-state index in [2.05, 4.69) is 4.98 Å². The zero-order valence-electron chi connectivity index (χ0n) is 33.2. The highest BCUT2D eigenvalue weighted by molar-refractivity contribution is 6.99. The molecule has 1 saturated heterocycles. The Labute approximate surface area is 336 Å². The van der Waals surface area contributed by atoms with Crippen LogP contribution in [0.15, 0.2) is 91.0 Å². The van der Waals surface area contributed by atoms with Crippen molar-refractivity contribution in [2.24, 2.45) is 0 Å². The van der Waals surface area contributed by atoms with Crippen molar-refractivity contribution in [1.82, 2.24) is 14.8 Å². The van der Waals surface area contributed by atoms with Gasteiger partial charge in [0, 0.05) is 60.0 Å². The van der Waals surface area contributed by atoms with Crippen LogP contribution in [-0.4, -0.2) is 91.7 Å². The van der Waals surface area contributed by atoms with E-state index in [1.54, 1.807) is 13.0 Å². The normalized spacial score (nSPS) is 19.4. The molecule has 7 nitrogen and oxygen atoms in total. The molecule has 58 heavy (non-hydrogen) atoms. The predicted molar refractivity (Wildman–Crippen MR) is 218 cm³/mol. The number of H-pyrrole nitrogens is 1. The standard InChI is InChI=1S/C45H50F5N3O4Si/c1-29-22-36-35-17-16-30(43(54)55)23-39(35)51-41(36)42(40-37(47)24-32(25-38(40)48)57-31-18-21-52(26-31)20-11-19-46)53(29)27-45(49,50)28-56-58(44(2,3)4,33-12-7-5-8-13-33)34-14-9-6-10-15-34/h5-10,12-17,23-25,29,31,42,51H,11,18-22,26-28H2,1-4H3,(H,54,55)/t29-,31?,42-/m1/s1. The predicted octanol–water partition coefficient (Wildman–Crippen LogP) is 8.50. The maximum Gasteiger partial charge on any atom is 0.335 e. The van der Waals surface area contributed by atoms with Crippen LogP contribution in [0, 0.1) is 11.6 Å². The Morgan fingerprint density at radius 1 is 0.948 bits per heavy atom. The molecule has 1 unspecified atom stereocenters. The van der Waals surface area contributed by atoms with Gasteiger partial charge in [0.15, 0.2) is 0 Å². The van der Waals surface area contributed by atoms with E-state index in [0.717, 1.165) is 22.5 Å². The Balaban J connectivity index is 1.26. The van der Waals surface area contributed by atoms with Gasteiger partial charge in [-0.25, -0.2) is 22.4 Å². The van der Waals surface area contributed by atoms with E-state index in [4.69, 9.17) is 9.16 Å². The molecule has 0 radical (unpaired) electrons. The van der Waals surface area contributed by atoms with Gasteiger partial charge < -0.3 is 19.3 Å². The Bertz CT molecular complexity index is 2170. The molecule has 0 saturated carbocycles. The van der Waals surface area contributed by atoms with Crippen LogP contribution in [0.4, 0.5) is 22.0 Å². The Kier molecular flexibility index (Phi) is 11.9. The minimum atomic E-state index is -3.49. The second kappa shape index (κ2) is 16.6. The van der Waals surface area contributed by atoms with Crippen molar-refractivity contribution >= 4 is 35.6 Å². The fourth-order valence-electron chi connectivity index (χ4n) is 9.00. The van der Waals surface area contributed by atoms with Gasteiger partial charge in [0.25, 0.3) is 14.2 Å². The van der Waals surface area contributed by atoms with Gasteiger partial charge in [0.1, 0.15) is 23.5 Å². The number of carboxylic acids is 1. The van der Waals surface area contributed by atoms with Crippen molar-refractivity contribution in [1.29, 1.82) is 0 Å². The molecule has 13 heteroatoms. The van der Waals surface area contributed by atoms with Gasteiger partial charge in [-0.2, -0.15) is 0 Å². The number of hydrogen-bond donors (Lipinski definition) is 2. The first-order valence-electron chi connectivity index (χ1n) is 19.8. The third-order valence-electron chi connectivity index (χ3n) is 11.7. The number of alkyl halides is 3. The monoisotopic (exact) mass is 819 g/mol. The summed E-state index contributed by atoms with van der Waals surface area (Å²) in [5.74, 6) is -6.60. The Morgan fingerprint density at radius 3 is 2.17 bits per heavy atom. The molecule has 7 rings (SSSR count). The molecule has 2 aliphatic rings. The van der Waals surface area contributed by atoms with E-state index in [1.165, 1.54) is 17.0 Å². The second-order valence-electron chi connectivity index (χ2n) is 16.7. The van der Waals surface area contributed by atoms with Crippen molar-refractivity contribution in [3.63, 3.8) is 0 Å². The molecule has 1 aromatic heterocycles. The average Bonchev–Trinajstić information content (AvgIpc) is 3.78. The fraction of sp³-hybridized carbons (Fsp3) is 0.400. The molecule has 0 bridgehead atoms. The number of nitrogens with one attached hydrogen (secondary N) is 1. The lowest BCUT2D eigenvalue weighted by Gasteiger charge is -2.45. The molecule has 3 atom stereocenters. The largest absolute Gasteiger partial charge is 0.489 e. The van der Waals surface area contributed by atoms with E-state index in [0.29, 0.717) is 54.6 Å². The van der Waals surface area contributed by atoms with Gasteiger partial charge in [-0.3, -0.25) is 14.2 Å². The lowest BCUT2D eigenvalue weighted by atomic mass is 9.87. The van der Waals surface area contributed by atoms with Gasteiger partial charge in [-0.15, -0.1) is 0 Å². The molecule has 1 fully saturated rings. The van der Waals surface area contributed by atoms with Crippen LogP contribution in [-0.2, 0) is 10.8 Å². The number of rotatable bonds is 14.